The fourth-order valence-electron chi connectivity index (χ4n) is 4.81. The Morgan fingerprint density at radius 2 is 1.74 bits per heavy atom. The van der Waals surface area contributed by atoms with Crippen molar-refractivity contribution in [2.45, 2.75) is 32.7 Å². The molecule has 0 saturated carbocycles. The zero-order chi connectivity index (χ0) is 24.5. The van der Waals surface area contributed by atoms with Gasteiger partial charge in [0.25, 0.3) is 5.91 Å². The zero-order valence-electron chi connectivity index (χ0n) is 19.9. The van der Waals surface area contributed by atoms with Crippen molar-refractivity contribution in [3.63, 3.8) is 0 Å². The summed E-state index contributed by atoms with van der Waals surface area (Å²) in [5.41, 5.74) is 4.62. The highest BCUT2D eigenvalue weighted by Gasteiger charge is 2.32. The number of allylic oxidation sites excluding steroid dienone is 1. The van der Waals surface area contributed by atoms with E-state index < -0.39 is 11.8 Å². The van der Waals surface area contributed by atoms with Crippen LogP contribution in [0.2, 0.25) is 0 Å². The first-order valence-electron chi connectivity index (χ1n) is 12.0. The van der Waals surface area contributed by atoms with E-state index >= 15 is 0 Å². The third-order valence-corrected chi connectivity index (χ3v) is 7.30. The van der Waals surface area contributed by atoms with Crippen molar-refractivity contribution in [3.8, 4) is 0 Å². The van der Waals surface area contributed by atoms with Gasteiger partial charge in [0.15, 0.2) is 0 Å². The number of carbonyl (C=O) groups is 3. The molecule has 0 unspecified atom stereocenters. The minimum absolute atomic E-state index is 0.0315. The van der Waals surface area contributed by atoms with E-state index in [0.717, 1.165) is 46.1 Å². The van der Waals surface area contributed by atoms with Gasteiger partial charge in [0, 0.05) is 42.5 Å². The molecule has 0 bridgehead atoms. The summed E-state index contributed by atoms with van der Waals surface area (Å²) in [6, 6.07) is 11.8. The zero-order valence-corrected chi connectivity index (χ0v) is 20.7. The van der Waals surface area contributed by atoms with Crippen LogP contribution in [0.15, 0.2) is 41.8 Å². The largest absolute Gasteiger partial charge is 0.346 e. The number of piperazine rings is 1. The Morgan fingerprint density at radius 3 is 2.46 bits per heavy atom. The Kier molecular flexibility index (Phi) is 6.38. The summed E-state index contributed by atoms with van der Waals surface area (Å²) in [6.45, 7) is 5.10. The van der Waals surface area contributed by atoms with Crippen LogP contribution in [-0.2, 0) is 16.0 Å². The molecule has 2 aromatic heterocycles. The lowest BCUT2D eigenvalue weighted by molar-refractivity contribution is -0.147. The number of benzene rings is 1. The Labute approximate surface area is 208 Å². The van der Waals surface area contributed by atoms with E-state index in [1.165, 1.54) is 9.78 Å². The van der Waals surface area contributed by atoms with Crippen LogP contribution in [0.25, 0.3) is 22.6 Å². The number of pyridine rings is 1. The monoisotopic (exact) mass is 488 g/mol. The number of carbonyl (C=O) groups excluding carboxylic acids is 3. The average molecular weight is 489 g/mol. The number of amides is 3. The van der Waals surface area contributed by atoms with E-state index in [4.69, 9.17) is 4.98 Å². The molecule has 3 heterocycles. The molecule has 2 aliphatic rings. The second kappa shape index (κ2) is 9.62. The Morgan fingerprint density at radius 1 is 1.00 bits per heavy atom. The van der Waals surface area contributed by atoms with Crippen molar-refractivity contribution < 1.29 is 14.4 Å². The molecule has 3 aromatic rings. The molecule has 35 heavy (non-hydrogen) atoms. The second-order valence-corrected chi connectivity index (χ2v) is 10.2. The van der Waals surface area contributed by atoms with Crippen LogP contribution >= 0.6 is 11.3 Å². The number of rotatable bonds is 3. The first kappa shape index (κ1) is 23.2. The van der Waals surface area contributed by atoms with Gasteiger partial charge in [-0.2, -0.15) is 0 Å². The minimum atomic E-state index is -0.595. The fraction of sp³-hybridized carbons (Fsp3) is 0.333. The maximum Gasteiger partial charge on any atom is 0.312 e. The van der Waals surface area contributed by atoms with Gasteiger partial charge in [0.1, 0.15) is 0 Å². The average Bonchev–Trinajstić information content (AvgIpc) is 3.52. The van der Waals surface area contributed by atoms with Crippen molar-refractivity contribution in [2.75, 3.05) is 26.2 Å². The summed E-state index contributed by atoms with van der Waals surface area (Å²) in [5, 5.41) is 5.57. The lowest BCUT2D eigenvalue weighted by atomic mass is 9.99. The van der Waals surface area contributed by atoms with Gasteiger partial charge in [-0.05, 0) is 61.4 Å². The smallest absolute Gasteiger partial charge is 0.312 e. The van der Waals surface area contributed by atoms with Crippen LogP contribution in [0.4, 0.5) is 0 Å². The topological polar surface area (TPSA) is 82.6 Å². The second-order valence-electron chi connectivity index (χ2n) is 9.23. The number of nitrogens with one attached hydrogen (secondary N) is 1. The quantitative estimate of drug-likeness (QED) is 0.571. The van der Waals surface area contributed by atoms with E-state index in [9.17, 15) is 14.4 Å². The molecular weight excluding hydrogens is 460 g/mol. The van der Waals surface area contributed by atoms with E-state index in [1.54, 1.807) is 16.2 Å². The predicted octanol–water partition coefficient (Wildman–Crippen LogP) is 3.59. The van der Waals surface area contributed by atoms with Crippen molar-refractivity contribution >= 4 is 51.6 Å². The van der Waals surface area contributed by atoms with Crippen LogP contribution in [-0.4, -0.2) is 64.7 Å². The lowest BCUT2D eigenvalue weighted by Gasteiger charge is -2.35. The molecule has 1 aliphatic carbocycles. The summed E-state index contributed by atoms with van der Waals surface area (Å²) >= 11 is 1.69. The Hall–Kier alpha value is -3.52. The predicted molar refractivity (Wildman–Crippen MR) is 138 cm³/mol. The molecule has 1 N–H and O–H groups in total. The first-order chi connectivity index (χ1) is 16.9. The van der Waals surface area contributed by atoms with E-state index in [2.05, 4.69) is 22.8 Å². The molecule has 0 radical (unpaired) electrons. The molecule has 3 amide bonds. The SMILES string of the molecule is CC(C)NC(=O)C(=O)N1CCN(C(=O)c2c3c(nc4ccccc24)/C(=C\c2cccs2)CC3)CC1. The standard InChI is InChI=1S/C27H28N4O3S/c1-17(2)28-25(32)27(34)31-13-11-30(12-14-31)26(33)23-20-7-3-4-8-22(20)29-24-18(9-10-21(23)24)16-19-6-5-15-35-19/h3-8,15-17H,9-14H2,1-2H3,(H,28,32)/b18-16-. The van der Waals surface area contributed by atoms with Crippen LogP contribution in [0.1, 0.15) is 46.8 Å². The summed E-state index contributed by atoms with van der Waals surface area (Å²) in [7, 11) is 0. The van der Waals surface area contributed by atoms with Gasteiger partial charge in [-0.25, -0.2) is 4.98 Å². The van der Waals surface area contributed by atoms with Crippen LogP contribution < -0.4 is 5.32 Å². The molecule has 1 fully saturated rings. The van der Waals surface area contributed by atoms with Gasteiger partial charge in [-0.3, -0.25) is 14.4 Å². The number of nitrogens with zero attached hydrogens (tertiary/aromatic N) is 3. The minimum Gasteiger partial charge on any atom is -0.346 e. The third kappa shape index (κ3) is 4.58. The molecular formula is C27H28N4O3S. The molecule has 1 aromatic carbocycles. The summed E-state index contributed by atoms with van der Waals surface area (Å²) in [6.07, 6.45) is 3.81. The number of hydrogen-bond acceptors (Lipinski definition) is 5. The highest BCUT2D eigenvalue weighted by molar-refractivity contribution is 7.10. The van der Waals surface area contributed by atoms with Gasteiger partial charge in [0.2, 0.25) is 0 Å². The summed E-state index contributed by atoms with van der Waals surface area (Å²) in [4.78, 5) is 47.9. The van der Waals surface area contributed by atoms with Gasteiger partial charge in [-0.15, -0.1) is 11.3 Å². The maximum absolute atomic E-state index is 13.9. The number of fused-ring (bicyclic) bond motifs is 2. The maximum atomic E-state index is 13.9. The Bertz CT molecular complexity index is 1320. The van der Waals surface area contributed by atoms with Crippen LogP contribution in [0.5, 0.6) is 0 Å². The van der Waals surface area contributed by atoms with Crippen LogP contribution in [0, 0.1) is 0 Å². The Balaban J connectivity index is 1.42. The highest BCUT2D eigenvalue weighted by Crippen LogP contribution is 2.38. The molecule has 8 heteroatoms. The molecule has 5 rings (SSSR count). The van der Waals surface area contributed by atoms with E-state index in [0.29, 0.717) is 26.2 Å². The molecule has 1 saturated heterocycles. The number of hydrogen-bond donors (Lipinski definition) is 1. The van der Waals surface area contributed by atoms with Crippen molar-refractivity contribution in [3.05, 3.63) is 63.5 Å². The summed E-state index contributed by atoms with van der Waals surface area (Å²) in [5.74, 6) is -1.16. The van der Waals surface area contributed by atoms with Crippen LogP contribution in [0.3, 0.4) is 0 Å². The summed E-state index contributed by atoms with van der Waals surface area (Å²) < 4.78 is 0. The molecule has 180 valence electrons. The fourth-order valence-corrected chi connectivity index (χ4v) is 5.49. The number of aromatic nitrogens is 1. The first-order valence-corrected chi connectivity index (χ1v) is 12.9. The lowest BCUT2D eigenvalue weighted by Crippen LogP contribution is -2.54. The highest BCUT2D eigenvalue weighted by atomic mass is 32.1. The number of para-hydroxylation sites is 1. The van der Waals surface area contributed by atoms with Gasteiger partial charge in [0.05, 0.1) is 16.8 Å². The molecule has 1 aliphatic heterocycles. The van der Waals surface area contributed by atoms with Gasteiger partial charge in [-0.1, -0.05) is 24.3 Å². The van der Waals surface area contributed by atoms with Crippen molar-refractivity contribution in [2.24, 2.45) is 0 Å². The van der Waals surface area contributed by atoms with Gasteiger partial charge >= 0.3 is 11.8 Å². The molecule has 7 nitrogen and oxygen atoms in total. The number of thiophene rings is 1. The van der Waals surface area contributed by atoms with E-state index in [1.807, 2.05) is 44.2 Å². The normalized spacial score (nSPS) is 16.7. The van der Waals surface area contributed by atoms with Crippen molar-refractivity contribution in [1.29, 1.82) is 0 Å². The molecule has 0 spiro atoms. The van der Waals surface area contributed by atoms with E-state index in [-0.39, 0.29) is 11.9 Å². The van der Waals surface area contributed by atoms with Crippen molar-refractivity contribution in [1.82, 2.24) is 20.1 Å². The molecule has 0 atom stereocenters. The third-order valence-electron chi connectivity index (χ3n) is 6.48. The van der Waals surface area contributed by atoms with Gasteiger partial charge < -0.3 is 15.1 Å².